The topological polar surface area (TPSA) is 137 Å². The van der Waals surface area contributed by atoms with Gasteiger partial charge >= 0.3 is 0 Å². The van der Waals surface area contributed by atoms with Crippen molar-refractivity contribution in [2.75, 3.05) is 20.3 Å². The van der Waals surface area contributed by atoms with Crippen LogP contribution in [-0.2, 0) is 22.2 Å². The Kier molecular flexibility index (Phi) is 7.12. The normalized spacial score (nSPS) is 17.4. The van der Waals surface area contributed by atoms with E-state index in [1.165, 1.54) is 38.3 Å². The number of carbonyl (C=O) groups excluding carboxylic acids is 2. The number of hydrogen-bond donors (Lipinski definition) is 3. The molecular weight excluding hydrogens is 527 g/mol. The summed E-state index contributed by atoms with van der Waals surface area (Å²) in [6.07, 6.45) is 0.765. The number of aliphatic hydroxyl groups is 1. The number of rotatable bonds is 8. The summed E-state index contributed by atoms with van der Waals surface area (Å²) in [5, 5.41) is 15.1. The molecule has 0 radical (unpaired) electrons. The number of nitrogens with two attached hydrogens (primary N) is 1. The number of halogens is 1. The maximum atomic E-state index is 13.7. The first kappa shape index (κ1) is 28.0. The van der Waals surface area contributed by atoms with Crippen LogP contribution < -0.4 is 20.5 Å². The molecule has 4 N–H and O–H groups in total. The van der Waals surface area contributed by atoms with E-state index in [0.29, 0.717) is 39.4 Å². The number of primary amides is 1. The molecule has 1 aliphatic heterocycles. The van der Waals surface area contributed by atoms with Gasteiger partial charge in [0.1, 0.15) is 46.1 Å². The molecule has 41 heavy (non-hydrogen) atoms. The van der Waals surface area contributed by atoms with Crippen molar-refractivity contribution in [2.45, 2.75) is 38.2 Å². The fourth-order valence-corrected chi connectivity index (χ4v) is 4.84. The second-order valence-corrected chi connectivity index (χ2v) is 10.6. The van der Waals surface area contributed by atoms with Gasteiger partial charge in [0.25, 0.3) is 5.91 Å². The van der Waals surface area contributed by atoms with Gasteiger partial charge in [-0.2, -0.15) is 0 Å². The third-order valence-electron chi connectivity index (χ3n) is 7.54. The zero-order valence-corrected chi connectivity index (χ0v) is 23.2. The second kappa shape index (κ2) is 10.4. The number of hydrogen-bond acceptors (Lipinski definition) is 7. The quantitative estimate of drug-likeness (QED) is 0.299. The van der Waals surface area contributed by atoms with E-state index in [9.17, 15) is 19.1 Å². The van der Waals surface area contributed by atoms with Gasteiger partial charge in [-0.15, -0.1) is 0 Å². The highest BCUT2D eigenvalue weighted by Crippen LogP contribution is 2.45. The molecule has 212 valence electrons. The van der Waals surface area contributed by atoms with E-state index >= 15 is 0 Å². The number of pyridine rings is 2. The zero-order chi connectivity index (χ0) is 29.5. The van der Waals surface area contributed by atoms with Crippen LogP contribution in [0.5, 0.6) is 11.5 Å². The minimum absolute atomic E-state index is 0.00568. The van der Waals surface area contributed by atoms with Crippen LogP contribution in [0, 0.1) is 5.82 Å². The third kappa shape index (κ3) is 5.06. The standard InChI is InChI=1S/C31H31FN4O5/c1-5-21-11-8-18-12-19(13-23(40-4)25(18)35-21)28(37)34-15-31(3,39)24-14-22-27(41-16-30(22,2)29(33)38)26(36-24)17-6-9-20(32)10-7-17/h6-14,39H,5,15-16H2,1-4H3,(H2,33,38)(H,34,37)/t30-,31-/m0/s1. The Balaban J connectivity index is 1.48. The average molecular weight is 559 g/mol. The van der Waals surface area contributed by atoms with Crippen molar-refractivity contribution in [3.05, 3.63) is 82.9 Å². The lowest BCUT2D eigenvalue weighted by Gasteiger charge is -2.26. The van der Waals surface area contributed by atoms with Gasteiger partial charge in [-0.3, -0.25) is 9.59 Å². The highest BCUT2D eigenvalue weighted by molar-refractivity contribution is 6.00. The van der Waals surface area contributed by atoms with Crippen molar-refractivity contribution in [3.63, 3.8) is 0 Å². The molecular formula is C31H31FN4O5. The van der Waals surface area contributed by atoms with Crippen molar-refractivity contribution in [2.24, 2.45) is 5.73 Å². The number of carbonyl (C=O) groups is 2. The van der Waals surface area contributed by atoms with Crippen LogP contribution in [0.4, 0.5) is 4.39 Å². The minimum atomic E-state index is -1.67. The monoisotopic (exact) mass is 558 g/mol. The minimum Gasteiger partial charge on any atom is -0.494 e. The van der Waals surface area contributed by atoms with Gasteiger partial charge in [0.2, 0.25) is 5.91 Å². The molecule has 2 amide bonds. The molecule has 2 aromatic carbocycles. The van der Waals surface area contributed by atoms with E-state index in [4.69, 9.17) is 15.2 Å². The van der Waals surface area contributed by atoms with Gasteiger partial charge in [-0.25, -0.2) is 14.4 Å². The predicted octanol–water partition coefficient (Wildman–Crippen LogP) is 3.78. The first-order chi connectivity index (χ1) is 19.5. The molecule has 2 aromatic heterocycles. The number of benzene rings is 2. The van der Waals surface area contributed by atoms with E-state index in [-0.39, 0.29) is 18.8 Å². The number of nitrogens with one attached hydrogen (secondary N) is 1. The Morgan fingerprint density at radius 3 is 2.56 bits per heavy atom. The fourth-order valence-electron chi connectivity index (χ4n) is 4.84. The first-order valence-electron chi connectivity index (χ1n) is 13.2. The Morgan fingerprint density at radius 1 is 1.17 bits per heavy atom. The third-order valence-corrected chi connectivity index (χ3v) is 7.54. The fraction of sp³-hybridized carbons (Fsp3) is 0.290. The summed E-state index contributed by atoms with van der Waals surface area (Å²) in [7, 11) is 1.52. The number of nitrogens with zero attached hydrogens (tertiary/aromatic N) is 2. The molecule has 0 unspecified atom stereocenters. The van der Waals surface area contributed by atoms with Crippen LogP contribution in [-0.4, -0.2) is 47.2 Å². The maximum absolute atomic E-state index is 13.7. The average Bonchev–Trinajstić information content (AvgIpc) is 3.32. The molecule has 5 rings (SSSR count). The molecule has 0 aliphatic carbocycles. The maximum Gasteiger partial charge on any atom is 0.251 e. The Labute approximate surface area is 236 Å². The van der Waals surface area contributed by atoms with Crippen LogP contribution >= 0.6 is 0 Å². The number of aromatic nitrogens is 2. The predicted molar refractivity (Wildman–Crippen MR) is 151 cm³/mol. The lowest BCUT2D eigenvalue weighted by Crippen LogP contribution is -2.41. The highest BCUT2D eigenvalue weighted by atomic mass is 19.1. The van der Waals surface area contributed by atoms with Crippen molar-refractivity contribution in [1.82, 2.24) is 15.3 Å². The van der Waals surface area contributed by atoms with E-state index in [0.717, 1.165) is 17.5 Å². The number of methoxy groups -OCH3 is 1. The van der Waals surface area contributed by atoms with Crippen LogP contribution in [0.15, 0.2) is 54.6 Å². The number of fused-ring (bicyclic) bond motifs is 2. The lowest BCUT2D eigenvalue weighted by atomic mass is 9.82. The summed E-state index contributed by atoms with van der Waals surface area (Å²) in [6, 6.07) is 14.3. The molecule has 9 nitrogen and oxygen atoms in total. The van der Waals surface area contributed by atoms with Crippen LogP contribution in [0.1, 0.15) is 48.1 Å². The molecule has 0 spiro atoms. The molecule has 0 bridgehead atoms. The number of aryl methyl sites for hydroxylation is 1. The summed E-state index contributed by atoms with van der Waals surface area (Å²) >= 11 is 0. The highest BCUT2D eigenvalue weighted by Gasteiger charge is 2.45. The van der Waals surface area contributed by atoms with Crippen LogP contribution in [0.3, 0.4) is 0 Å². The van der Waals surface area contributed by atoms with Gasteiger partial charge in [0, 0.05) is 27.8 Å². The molecule has 0 fully saturated rings. The second-order valence-electron chi connectivity index (χ2n) is 10.6. The molecule has 2 atom stereocenters. The molecule has 0 saturated carbocycles. The van der Waals surface area contributed by atoms with Gasteiger partial charge in [0.15, 0.2) is 0 Å². The smallest absolute Gasteiger partial charge is 0.251 e. The first-order valence-corrected chi connectivity index (χ1v) is 13.2. The Bertz CT molecular complexity index is 1670. The zero-order valence-electron chi connectivity index (χ0n) is 23.2. The van der Waals surface area contributed by atoms with E-state index in [1.54, 1.807) is 25.1 Å². The van der Waals surface area contributed by atoms with Crippen LogP contribution in [0.25, 0.3) is 22.2 Å². The Hall–Kier alpha value is -4.57. The van der Waals surface area contributed by atoms with E-state index in [1.807, 2.05) is 19.1 Å². The largest absolute Gasteiger partial charge is 0.494 e. The molecule has 10 heteroatoms. The van der Waals surface area contributed by atoms with E-state index < -0.39 is 28.6 Å². The summed E-state index contributed by atoms with van der Waals surface area (Å²) in [5.41, 5.74) is 6.29. The number of amides is 2. The van der Waals surface area contributed by atoms with Gasteiger partial charge in [-0.1, -0.05) is 13.0 Å². The summed E-state index contributed by atoms with van der Waals surface area (Å²) in [5.74, 6) is -0.659. The van der Waals surface area contributed by atoms with Gasteiger partial charge < -0.3 is 25.6 Å². The Morgan fingerprint density at radius 2 is 1.90 bits per heavy atom. The van der Waals surface area contributed by atoms with Crippen molar-refractivity contribution < 1.29 is 28.6 Å². The molecule has 0 saturated heterocycles. The van der Waals surface area contributed by atoms with Crippen molar-refractivity contribution in [1.29, 1.82) is 0 Å². The van der Waals surface area contributed by atoms with Crippen molar-refractivity contribution >= 4 is 22.7 Å². The molecule has 3 heterocycles. The molecule has 1 aliphatic rings. The number of ether oxygens (including phenoxy) is 2. The van der Waals surface area contributed by atoms with Gasteiger partial charge in [0.05, 0.1) is 19.3 Å². The van der Waals surface area contributed by atoms with Crippen molar-refractivity contribution in [3.8, 4) is 22.8 Å². The summed E-state index contributed by atoms with van der Waals surface area (Å²) in [6.45, 7) is 4.96. The van der Waals surface area contributed by atoms with Crippen LogP contribution in [0.2, 0.25) is 0 Å². The summed E-state index contributed by atoms with van der Waals surface area (Å²) < 4.78 is 25.0. The lowest BCUT2D eigenvalue weighted by molar-refractivity contribution is -0.123. The SMILES string of the molecule is CCc1ccc2cc(C(=O)NC[C@](C)(O)c3cc4c(c(-c5ccc(F)cc5)n3)OC[C@]4(C)C(N)=O)cc(OC)c2n1. The molecule has 4 aromatic rings. The van der Waals surface area contributed by atoms with Gasteiger partial charge in [-0.05, 0) is 68.8 Å². The van der Waals surface area contributed by atoms with E-state index in [2.05, 4.69) is 15.3 Å². The summed E-state index contributed by atoms with van der Waals surface area (Å²) in [4.78, 5) is 34.9.